The molecule has 1 aromatic carbocycles. The number of aromatic amines is 1. The molecular weight excluding hydrogens is 226 g/mol. The Balaban J connectivity index is 2.27. The van der Waals surface area contributed by atoms with Crippen LogP contribution in [0.25, 0.3) is 21.9 Å². The lowest BCUT2D eigenvalue weighted by Gasteiger charge is -2.04. The van der Waals surface area contributed by atoms with E-state index >= 15 is 0 Å². The molecule has 18 heavy (non-hydrogen) atoms. The van der Waals surface area contributed by atoms with Crippen LogP contribution in [0.3, 0.4) is 0 Å². The average Bonchev–Trinajstić information content (AvgIpc) is 2.73. The van der Waals surface area contributed by atoms with Gasteiger partial charge >= 0.3 is 0 Å². The fourth-order valence-corrected chi connectivity index (χ4v) is 2.17. The number of hydrogen-bond donors (Lipinski definition) is 3. The predicted octanol–water partition coefficient (Wildman–Crippen LogP) is 1.79. The largest absolute Gasteiger partial charge is 0.368 e. The van der Waals surface area contributed by atoms with Gasteiger partial charge in [-0.05, 0) is 18.6 Å². The minimum atomic E-state index is 0.576. The summed E-state index contributed by atoms with van der Waals surface area (Å²) in [4.78, 5) is 11.9. The molecule has 0 spiro atoms. The van der Waals surface area contributed by atoms with Crippen molar-refractivity contribution in [3.05, 3.63) is 30.1 Å². The van der Waals surface area contributed by atoms with Gasteiger partial charge in [0.15, 0.2) is 0 Å². The second-order valence-electron chi connectivity index (χ2n) is 4.34. The SMILES string of the molecule is Cc1ccc2c(c1)[nH]c1ncnc(NCCN)c12. The summed E-state index contributed by atoms with van der Waals surface area (Å²) < 4.78 is 0. The van der Waals surface area contributed by atoms with Gasteiger partial charge in [-0.25, -0.2) is 9.97 Å². The van der Waals surface area contributed by atoms with Gasteiger partial charge in [-0.15, -0.1) is 0 Å². The Morgan fingerprint density at radius 1 is 1.33 bits per heavy atom. The Bertz CT molecular complexity index is 701. The van der Waals surface area contributed by atoms with Crippen molar-refractivity contribution in [2.24, 2.45) is 5.73 Å². The standard InChI is InChI=1S/C13H15N5/c1-8-2-3-9-10(6-8)18-13-11(9)12(15-5-4-14)16-7-17-13/h2-3,6-7H,4-5,14H2,1H3,(H2,15,16,17,18). The van der Waals surface area contributed by atoms with Gasteiger partial charge in [0, 0.05) is 24.0 Å². The van der Waals surface area contributed by atoms with Crippen LogP contribution in [0.4, 0.5) is 5.82 Å². The normalized spacial score (nSPS) is 11.2. The first-order chi connectivity index (χ1) is 8.79. The Morgan fingerprint density at radius 3 is 3.06 bits per heavy atom. The molecule has 0 saturated heterocycles. The summed E-state index contributed by atoms with van der Waals surface area (Å²) in [5.41, 5.74) is 8.67. The van der Waals surface area contributed by atoms with Gasteiger partial charge in [0.1, 0.15) is 17.8 Å². The van der Waals surface area contributed by atoms with E-state index in [1.54, 1.807) is 6.33 Å². The van der Waals surface area contributed by atoms with Gasteiger partial charge in [0.05, 0.1) is 5.39 Å². The van der Waals surface area contributed by atoms with Crippen LogP contribution in [0.1, 0.15) is 5.56 Å². The zero-order chi connectivity index (χ0) is 12.5. The fraction of sp³-hybridized carbons (Fsp3) is 0.231. The van der Waals surface area contributed by atoms with E-state index in [0.29, 0.717) is 13.1 Å². The Kier molecular flexibility index (Phi) is 2.60. The van der Waals surface area contributed by atoms with Gasteiger partial charge in [-0.2, -0.15) is 0 Å². The summed E-state index contributed by atoms with van der Waals surface area (Å²) in [6.07, 6.45) is 1.56. The Labute approximate surface area is 104 Å². The molecular formula is C13H15N5. The number of anilines is 1. The van der Waals surface area contributed by atoms with Crippen LogP contribution in [0.15, 0.2) is 24.5 Å². The van der Waals surface area contributed by atoms with Gasteiger partial charge in [-0.3, -0.25) is 0 Å². The third-order valence-electron chi connectivity index (χ3n) is 2.98. The van der Waals surface area contributed by atoms with E-state index in [4.69, 9.17) is 5.73 Å². The summed E-state index contributed by atoms with van der Waals surface area (Å²) in [6, 6.07) is 6.31. The summed E-state index contributed by atoms with van der Waals surface area (Å²) in [7, 11) is 0. The Hall–Kier alpha value is -2.14. The maximum absolute atomic E-state index is 5.51. The van der Waals surface area contributed by atoms with Gasteiger partial charge < -0.3 is 16.0 Å². The molecule has 4 N–H and O–H groups in total. The minimum absolute atomic E-state index is 0.576. The first-order valence-electron chi connectivity index (χ1n) is 5.96. The van der Waals surface area contributed by atoms with Crippen LogP contribution >= 0.6 is 0 Å². The molecule has 3 rings (SSSR count). The molecule has 0 unspecified atom stereocenters. The molecule has 5 heteroatoms. The number of aryl methyl sites for hydroxylation is 1. The lowest BCUT2D eigenvalue weighted by Crippen LogP contribution is -2.14. The molecule has 0 bridgehead atoms. The molecule has 0 saturated carbocycles. The van der Waals surface area contributed by atoms with Crippen LogP contribution in [-0.2, 0) is 0 Å². The highest BCUT2D eigenvalue weighted by Gasteiger charge is 2.10. The average molecular weight is 241 g/mol. The van der Waals surface area contributed by atoms with E-state index in [2.05, 4.69) is 45.4 Å². The van der Waals surface area contributed by atoms with Crippen molar-refractivity contribution in [3.8, 4) is 0 Å². The van der Waals surface area contributed by atoms with Crippen molar-refractivity contribution in [3.63, 3.8) is 0 Å². The monoisotopic (exact) mass is 241 g/mol. The molecule has 2 heterocycles. The molecule has 0 fully saturated rings. The fourth-order valence-electron chi connectivity index (χ4n) is 2.17. The highest BCUT2D eigenvalue weighted by Crippen LogP contribution is 2.29. The molecule has 92 valence electrons. The molecule has 0 aliphatic carbocycles. The summed E-state index contributed by atoms with van der Waals surface area (Å²) >= 11 is 0. The molecule has 2 aromatic heterocycles. The molecule has 0 aliphatic rings. The lowest BCUT2D eigenvalue weighted by atomic mass is 10.1. The van der Waals surface area contributed by atoms with E-state index in [1.165, 1.54) is 5.56 Å². The first kappa shape index (κ1) is 11.0. The second-order valence-corrected chi connectivity index (χ2v) is 4.34. The molecule has 0 radical (unpaired) electrons. The number of hydrogen-bond acceptors (Lipinski definition) is 4. The van der Waals surface area contributed by atoms with E-state index in [1.807, 2.05) is 0 Å². The maximum atomic E-state index is 5.51. The van der Waals surface area contributed by atoms with Gasteiger partial charge in [0.25, 0.3) is 0 Å². The highest BCUT2D eigenvalue weighted by molar-refractivity contribution is 6.11. The quantitative estimate of drug-likeness (QED) is 0.653. The first-order valence-corrected chi connectivity index (χ1v) is 5.96. The summed E-state index contributed by atoms with van der Waals surface area (Å²) in [6.45, 7) is 3.35. The van der Waals surface area contributed by atoms with Crippen LogP contribution < -0.4 is 11.1 Å². The van der Waals surface area contributed by atoms with Crippen molar-refractivity contribution in [1.82, 2.24) is 15.0 Å². The number of nitrogens with zero attached hydrogens (tertiary/aromatic N) is 2. The third-order valence-corrected chi connectivity index (χ3v) is 2.98. The van der Waals surface area contributed by atoms with E-state index in [-0.39, 0.29) is 0 Å². The maximum Gasteiger partial charge on any atom is 0.143 e. The molecule has 5 nitrogen and oxygen atoms in total. The van der Waals surface area contributed by atoms with Crippen LogP contribution in [0, 0.1) is 6.92 Å². The molecule has 0 aliphatic heterocycles. The van der Waals surface area contributed by atoms with Gasteiger partial charge in [-0.1, -0.05) is 12.1 Å². The zero-order valence-corrected chi connectivity index (χ0v) is 10.2. The van der Waals surface area contributed by atoms with Crippen molar-refractivity contribution in [2.75, 3.05) is 18.4 Å². The van der Waals surface area contributed by atoms with Gasteiger partial charge in [0.2, 0.25) is 0 Å². The number of rotatable bonds is 3. The number of nitrogens with one attached hydrogen (secondary N) is 2. The second kappa shape index (κ2) is 4.27. The smallest absolute Gasteiger partial charge is 0.143 e. The van der Waals surface area contributed by atoms with Crippen LogP contribution in [0.5, 0.6) is 0 Å². The van der Waals surface area contributed by atoms with Crippen molar-refractivity contribution in [1.29, 1.82) is 0 Å². The van der Waals surface area contributed by atoms with E-state index < -0.39 is 0 Å². The van der Waals surface area contributed by atoms with Crippen molar-refractivity contribution >= 4 is 27.8 Å². The minimum Gasteiger partial charge on any atom is -0.368 e. The Morgan fingerprint density at radius 2 is 2.22 bits per heavy atom. The van der Waals surface area contributed by atoms with Crippen molar-refractivity contribution in [2.45, 2.75) is 6.92 Å². The summed E-state index contributed by atoms with van der Waals surface area (Å²) in [5, 5.41) is 5.40. The predicted molar refractivity (Wildman–Crippen MR) is 73.7 cm³/mol. The van der Waals surface area contributed by atoms with E-state index in [0.717, 1.165) is 27.8 Å². The molecule has 0 amide bonds. The number of aromatic nitrogens is 3. The molecule has 0 atom stereocenters. The number of H-pyrrole nitrogens is 1. The highest BCUT2D eigenvalue weighted by atomic mass is 15.0. The number of nitrogens with two attached hydrogens (primary N) is 1. The van der Waals surface area contributed by atoms with Crippen LogP contribution in [-0.4, -0.2) is 28.0 Å². The lowest BCUT2D eigenvalue weighted by molar-refractivity contribution is 1.01. The van der Waals surface area contributed by atoms with E-state index in [9.17, 15) is 0 Å². The molecule has 3 aromatic rings. The zero-order valence-electron chi connectivity index (χ0n) is 10.2. The topological polar surface area (TPSA) is 79.6 Å². The third kappa shape index (κ3) is 1.69. The van der Waals surface area contributed by atoms with Crippen molar-refractivity contribution < 1.29 is 0 Å². The number of fused-ring (bicyclic) bond motifs is 3. The van der Waals surface area contributed by atoms with Crippen LogP contribution in [0.2, 0.25) is 0 Å². The number of benzene rings is 1. The summed E-state index contributed by atoms with van der Waals surface area (Å²) in [5.74, 6) is 0.834.